The van der Waals surface area contributed by atoms with Crippen molar-refractivity contribution in [3.63, 3.8) is 0 Å². The number of aromatic amines is 1. The highest BCUT2D eigenvalue weighted by molar-refractivity contribution is 5.99. The van der Waals surface area contributed by atoms with E-state index in [-0.39, 0.29) is 17.9 Å². The summed E-state index contributed by atoms with van der Waals surface area (Å²) in [5.74, 6) is 1.26. The SMILES string of the molecule is C=CC(=O)Nc1ccc(C(=O)N2CCC[C@@H](Nc3nc4ccc(-c5cn[nH]c5)c(N5CCCC5)n4n3)C2)cc1. The van der Waals surface area contributed by atoms with E-state index < -0.39 is 0 Å². The lowest BCUT2D eigenvalue weighted by molar-refractivity contribution is -0.111. The van der Waals surface area contributed by atoms with Gasteiger partial charge in [-0.3, -0.25) is 14.7 Å². The average Bonchev–Trinajstić information content (AvgIpc) is 3.75. The maximum atomic E-state index is 13.2. The molecule has 3 N–H and O–H groups in total. The number of nitrogens with one attached hydrogen (secondary N) is 3. The Balaban J connectivity index is 1.19. The van der Waals surface area contributed by atoms with Gasteiger partial charge in [-0.2, -0.15) is 14.6 Å². The number of carbonyl (C=O) groups excluding carboxylic acids is 2. The Bertz CT molecular complexity index is 1490. The van der Waals surface area contributed by atoms with Crippen LogP contribution >= 0.6 is 0 Å². The van der Waals surface area contributed by atoms with Crippen LogP contribution in [0.4, 0.5) is 17.5 Å². The zero-order valence-electron chi connectivity index (χ0n) is 21.6. The zero-order valence-corrected chi connectivity index (χ0v) is 21.6. The van der Waals surface area contributed by atoms with E-state index in [1.165, 1.54) is 6.08 Å². The number of amides is 2. The molecule has 1 atom stereocenters. The lowest BCUT2D eigenvalue weighted by Crippen LogP contribution is -2.45. The minimum absolute atomic E-state index is 0.0351. The summed E-state index contributed by atoms with van der Waals surface area (Å²) in [5, 5.41) is 18.1. The lowest BCUT2D eigenvalue weighted by Gasteiger charge is -2.33. The van der Waals surface area contributed by atoms with E-state index in [1.54, 1.807) is 24.3 Å². The predicted molar refractivity (Wildman–Crippen MR) is 150 cm³/mol. The van der Waals surface area contributed by atoms with Crippen molar-refractivity contribution in [2.45, 2.75) is 31.7 Å². The minimum atomic E-state index is -0.287. The maximum Gasteiger partial charge on any atom is 0.253 e. The van der Waals surface area contributed by atoms with Gasteiger partial charge < -0.3 is 20.4 Å². The molecule has 11 nitrogen and oxygen atoms in total. The van der Waals surface area contributed by atoms with Crippen molar-refractivity contribution in [2.24, 2.45) is 0 Å². The molecule has 4 aromatic rings. The zero-order chi connectivity index (χ0) is 26.8. The van der Waals surface area contributed by atoms with Crippen LogP contribution < -0.4 is 15.5 Å². The molecule has 0 saturated carbocycles. The molecule has 5 heterocycles. The quantitative estimate of drug-likeness (QED) is 0.315. The Kier molecular flexibility index (Phi) is 6.70. The van der Waals surface area contributed by atoms with E-state index >= 15 is 0 Å². The Morgan fingerprint density at radius 3 is 2.62 bits per heavy atom. The molecule has 0 radical (unpaired) electrons. The summed E-state index contributed by atoms with van der Waals surface area (Å²) >= 11 is 0. The Morgan fingerprint density at radius 2 is 1.87 bits per heavy atom. The number of fused-ring (bicyclic) bond motifs is 1. The van der Waals surface area contributed by atoms with Crippen molar-refractivity contribution < 1.29 is 9.59 Å². The highest BCUT2D eigenvalue weighted by Crippen LogP contribution is 2.33. The second kappa shape index (κ2) is 10.6. The number of aromatic nitrogens is 5. The third-order valence-corrected chi connectivity index (χ3v) is 7.31. The normalized spacial score (nSPS) is 17.4. The van der Waals surface area contributed by atoms with Crippen LogP contribution in [0.2, 0.25) is 0 Å². The standard InChI is InChI=1S/C28H31N9O2/c1-2-25(38)31-21-9-7-19(8-10-21)27(39)36-15-5-6-22(18-36)32-28-33-24-12-11-23(20-16-29-30-17-20)26(37(24)34-28)35-13-3-4-14-35/h2,7-12,16-17,22H,1,3-6,13-15,18H2,(H,29,30)(H,31,38)(H,32,34)/t22-/m1/s1. The summed E-state index contributed by atoms with van der Waals surface area (Å²) in [6.45, 7) is 6.67. The van der Waals surface area contributed by atoms with Gasteiger partial charge in [-0.1, -0.05) is 6.58 Å². The van der Waals surface area contributed by atoms with Crippen LogP contribution in [0.1, 0.15) is 36.0 Å². The van der Waals surface area contributed by atoms with Gasteiger partial charge in [0.05, 0.1) is 6.20 Å². The van der Waals surface area contributed by atoms with Gasteiger partial charge in [-0.25, -0.2) is 0 Å². The van der Waals surface area contributed by atoms with E-state index in [0.29, 0.717) is 30.3 Å². The van der Waals surface area contributed by atoms with E-state index in [9.17, 15) is 9.59 Å². The molecule has 2 fully saturated rings. The van der Waals surface area contributed by atoms with Crippen LogP contribution in [0.5, 0.6) is 0 Å². The van der Waals surface area contributed by atoms with Crippen molar-refractivity contribution >= 4 is 34.9 Å². The number of pyridine rings is 1. The topological polar surface area (TPSA) is 124 Å². The van der Waals surface area contributed by atoms with Gasteiger partial charge in [0.1, 0.15) is 5.82 Å². The molecule has 2 amide bonds. The van der Waals surface area contributed by atoms with Crippen LogP contribution in [0.3, 0.4) is 0 Å². The first-order valence-corrected chi connectivity index (χ1v) is 13.3. The van der Waals surface area contributed by atoms with Gasteiger partial charge in [-0.15, -0.1) is 5.10 Å². The van der Waals surface area contributed by atoms with Crippen LogP contribution in [0.25, 0.3) is 16.8 Å². The molecule has 6 rings (SSSR count). The van der Waals surface area contributed by atoms with Gasteiger partial charge >= 0.3 is 0 Å². The van der Waals surface area contributed by atoms with Gasteiger partial charge in [0, 0.05) is 60.8 Å². The van der Waals surface area contributed by atoms with Crippen LogP contribution in [-0.4, -0.2) is 73.7 Å². The van der Waals surface area contributed by atoms with Crippen LogP contribution in [0, 0.1) is 0 Å². The molecule has 1 aromatic carbocycles. The first-order chi connectivity index (χ1) is 19.1. The van der Waals surface area contributed by atoms with E-state index in [2.05, 4.69) is 38.4 Å². The van der Waals surface area contributed by atoms with E-state index in [0.717, 1.165) is 61.4 Å². The Hall–Kier alpha value is -4.67. The summed E-state index contributed by atoms with van der Waals surface area (Å²) in [7, 11) is 0. The van der Waals surface area contributed by atoms with Gasteiger partial charge in [0.15, 0.2) is 5.65 Å². The number of piperidine rings is 1. The monoisotopic (exact) mass is 525 g/mol. The summed E-state index contributed by atoms with van der Waals surface area (Å²) in [6, 6.07) is 11.0. The Labute approximate surface area is 225 Å². The molecule has 0 unspecified atom stereocenters. The highest BCUT2D eigenvalue weighted by atomic mass is 16.2. The van der Waals surface area contributed by atoms with Crippen LogP contribution in [0.15, 0.2) is 61.4 Å². The number of hydrogen-bond donors (Lipinski definition) is 3. The smallest absolute Gasteiger partial charge is 0.253 e. The molecule has 0 spiro atoms. The molecule has 3 aromatic heterocycles. The first-order valence-electron chi connectivity index (χ1n) is 13.3. The molecule has 11 heteroatoms. The fourth-order valence-electron chi connectivity index (χ4n) is 5.39. The molecule has 39 heavy (non-hydrogen) atoms. The number of likely N-dealkylation sites (tertiary alicyclic amines) is 1. The molecule has 0 aliphatic carbocycles. The molecular formula is C28H31N9O2. The predicted octanol–water partition coefficient (Wildman–Crippen LogP) is 3.56. The van der Waals surface area contributed by atoms with Crippen LogP contribution in [-0.2, 0) is 4.79 Å². The summed E-state index contributed by atoms with van der Waals surface area (Å²) < 4.78 is 1.93. The highest BCUT2D eigenvalue weighted by Gasteiger charge is 2.27. The summed E-state index contributed by atoms with van der Waals surface area (Å²) in [4.78, 5) is 33.7. The minimum Gasteiger partial charge on any atom is -0.356 e. The van der Waals surface area contributed by atoms with Crippen molar-refractivity contribution in [2.75, 3.05) is 41.7 Å². The van der Waals surface area contributed by atoms with Crippen molar-refractivity contribution in [3.8, 4) is 11.1 Å². The van der Waals surface area contributed by atoms with Gasteiger partial charge in [0.2, 0.25) is 11.9 Å². The number of rotatable bonds is 7. The lowest BCUT2D eigenvalue weighted by atomic mass is 10.0. The number of nitrogens with zero attached hydrogens (tertiary/aromatic N) is 6. The number of anilines is 3. The third kappa shape index (κ3) is 5.07. The van der Waals surface area contributed by atoms with Crippen molar-refractivity contribution in [3.05, 3.63) is 67.0 Å². The molecular weight excluding hydrogens is 494 g/mol. The largest absolute Gasteiger partial charge is 0.356 e. The maximum absolute atomic E-state index is 13.2. The number of hydrogen-bond acceptors (Lipinski definition) is 7. The number of H-pyrrole nitrogens is 1. The fourth-order valence-corrected chi connectivity index (χ4v) is 5.39. The fraction of sp³-hybridized carbons (Fsp3) is 0.321. The summed E-state index contributed by atoms with van der Waals surface area (Å²) in [6.07, 6.45) is 9.05. The Morgan fingerprint density at radius 1 is 1.05 bits per heavy atom. The summed E-state index contributed by atoms with van der Waals surface area (Å²) in [5.41, 5.74) is 4.07. The van der Waals surface area contributed by atoms with E-state index in [4.69, 9.17) is 10.1 Å². The van der Waals surface area contributed by atoms with E-state index in [1.807, 2.05) is 27.9 Å². The molecule has 2 aliphatic heterocycles. The third-order valence-electron chi connectivity index (χ3n) is 7.31. The van der Waals surface area contributed by atoms with Gasteiger partial charge in [0.25, 0.3) is 5.91 Å². The van der Waals surface area contributed by atoms with Crippen molar-refractivity contribution in [1.29, 1.82) is 0 Å². The van der Waals surface area contributed by atoms with Crippen molar-refractivity contribution in [1.82, 2.24) is 29.7 Å². The second-order valence-corrected chi connectivity index (χ2v) is 9.96. The average molecular weight is 526 g/mol. The first kappa shape index (κ1) is 24.7. The molecule has 200 valence electrons. The molecule has 2 aliphatic rings. The van der Waals surface area contributed by atoms with Gasteiger partial charge in [-0.05, 0) is 68.2 Å². The molecule has 2 saturated heterocycles. The molecule has 0 bridgehead atoms. The number of carbonyl (C=O) groups is 2. The second-order valence-electron chi connectivity index (χ2n) is 9.96. The number of benzene rings is 1.